The van der Waals surface area contributed by atoms with Crippen LogP contribution in [0.25, 0.3) is 0 Å². The highest BCUT2D eigenvalue weighted by atomic mass is 32.2. The molecule has 3 rings (SSSR count). The summed E-state index contributed by atoms with van der Waals surface area (Å²) < 4.78 is 82.7. The Morgan fingerprint density at radius 1 is 1.00 bits per heavy atom. The molecule has 160 valence electrons. The molecule has 3 nitrogen and oxygen atoms in total. The fourth-order valence-electron chi connectivity index (χ4n) is 3.92. The average Bonchev–Trinajstić information content (AvgIpc) is 3.17. The van der Waals surface area contributed by atoms with E-state index in [-0.39, 0.29) is 12.3 Å². The first-order valence-corrected chi connectivity index (χ1v) is 11.4. The molecule has 0 spiro atoms. The molecule has 28 heavy (non-hydrogen) atoms. The van der Waals surface area contributed by atoms with Crippen LogP contribution >= 0.6 is 11.8 Å². The van der Waals surface area contributed by atoms with Crippen molar-refractivity contribution in [1.82, 2.24) is 0 Å². The molecule has 1 aromatic carbocycles. The third-order valence-electron chi connectivity index (χ3n) is 5.08. The minimum absolute atomic E-state index is 0.0203. The van der Waals surface area contributed by atoms with Crippen molar-refractivity contribution in [3.63, 3.8) is 0 Å². The fraction of sp³-hybridized carbons (Fsp3) is 0.684. The van der Waals surface area contributed by atoms with Gasteiger partial charge in [0.15, 0.2) is 0 Å². The van der Waals surface area contributed by atoms with Crippen molar-refractivity contribution in [2.45, 2.75) is 67.3 Å². The normalized spacial score (nSPS) is 25.4. The Morgan fingerprint density at radius 3 is 1.96 bits per heavy atom. The quantitative estimate of drug-likeness (QED) is 0.347. The summed E-state index contributed by atoms with van der Waals surface area (Å²) in [5.74, 6) is -6.95. The van der Waals surface area contributed by atoms with Crippen LogP contribution in [0.5, 0.6) is 0 Å². The Labute approximate surface area is 168 Å². The van der Waals surface area contributed by atoms with E-state index in [1.807, 2.05) is 17.8 Å². The van der Waals surface area contributed by atoms with Gasteiger partial charge >= 0.3 is 21.3 Å². The minimum Gasteiger partial charge on any atom is -0.281 e. The van der Waals surface area contributed by atoms with Crippen LogP contribution in [0, 0.1) is 17.8 Å². The highest BCUT2D eigenvalue weighted by Gasteiger charge is 2.71. The predicted octanol–water partition coefficient (Wildman–Crippen LogP) is 6.12. The molecule has 3 atom stereocenters. The number of halogens is 4. The topological polar surface area (TPSA) is 54.4 Å². The summed E-state index contributed by atoms with van der Waals surface area (Å²) in [5.41, 5.74) is 0. The van der Waals surface area contributed by atoms with Gasteiger partial charge in [0.25, 0.3) is 0 Å². The van der Waals surface area contributed by atoms with E-state index < -0.39 is 33.1 Å². The lowest BCUT2D eigenvalue weighted by atomic mass is 9.84. The second-order valence-electron chi connectivity index (χ2n) is 8.42. The molecule has 0 amide bonds. The monoisotopic (exact) mass is 442 g/mol. The number of alkyl halides is 4. The van der Waals surface area contributed by atoms with E-state index in [1.54, 1.807) is 0 Å². The van der Waals surface area contributed by atoms with Gasteiger partial charge in [-0.3, -0.25) is 4.55 Å². The Hall–Kier alpha value is -0.800. The van der Waals surface area contributed by atoms with Crippen LogP contribution < -0.4 is 0 Å². The lowest BCUT2D eigenvalue weighted by Gasteiger charge is -2.33. The number of fused-ring (bicyclic) bond motifs is 2. The van der Waals surface area contributed by atoms with Gasteiger partial charge in [0, 0.05) is 15.6 Å². The number of benzene rings is 1. The predicted molar refractivity (Wildman–Crippen MR) is 102 cm³/mol. The maximum atomic E-state index is 13.6. The number of rotatable bonds is 4. The zero-order valence-electron chi connectivity index (χ0n) is 16.0. The third-order valence-corrected chi connectivity index (χ3v) is 7.12. The van der Waals surface area contributed by atoms with Crippen molar-refractivity contribution in [2.24, 2.45) is 17.8 Å². The van der Waals surface area contributed by atoms with Crippen LogP contribution in [-0.4, -0.2) is 28.9 Å². The van der Waals surface area contributed by atoms with E-state index in [0.29, 0.717) is 17.6 Å². The summed E-state index contributed by atoms with van der Waals surface area (Å²) in [5, 5.41) is -5.41. The molecule has 2 aliphatic rings. The van der Waals surface area contributed by atoms with Crippen LogP contribution in [0.2, 0.25) is 0 Å². The molecule has 2 fully saturated rings. The Balaban J connectivity index is 0.000000221. The van der Waals surface area contributed by atoms with Crippen LogP contribution in [-0.2, 0) is 10.1 Å². The van der Waals surface area contributed by atoms with E-state index in [2.05, 4.69) is 45.0 Å². The number of hydrogen-bond donors (Lipinski definition) is 1. The number of hydrogen-bond acceptors (Lipinski definition) is 3. The van der Waals surface area contributed by atoms with Crippen molar-refractivity contribution in [1.29, 1.82) is 0 Å². The van der Waals surface area contributed by atoms with Crippen LogP contribution in [0.1, 0.15) is 46.5 Å². The van der Waals surface area contributed by atoms with Gasteiger partial charge in [-0.2, -0.15) is 26.0 Å². The first-order valence-electron chi connectivity index (χ1n) is 9.12. The molecule has 2 saturated carbocycles. The Morgan fingerprint density at radius 2 is 1.57 bits per heavy atom. The summed E-state index contributed by atoms with van der Waals surface area (Å²) in [6.07, 6.45) is 1.51. The van der Waals surface area contributed by atoms with E-state index in [4.69, 9.17) is 4.55 Å². The van der Waals surface area contributed by atoms with Gasteiger partial charge in [0.2, 0.25) is 0 Å². The van der Waals surface area contributed by atoms with Gasteiger partial charge in [0.1, 0.15) is 0 Å². The molecular weight excluding hydrogens is 416 g/mol. The molecule has 2 aliphatic carbocycles. The fourth-order valence-corrected chi connectivity index (χ4v) is 5.41. The molecule has 1 aromatic rings. The van der Waals surface area contributed by atoms with E-state index >= 15 is 0 Å². The molecule has 2 bridgehead atoms. The van der Waals surface area contributed by atoms with E-state index in [9.17, 15) is 26.0 Å². The second-order valence-corrected chi connectivity index (χ2v) is 11.8. The van der Waals surface area contributed by atoms with E-state index in [1.165, 1.54) is 4.90 Å². The number of thioether (sulfide) groups is 1. The lowest BCUT2D eigenvalue weighted by molar-refractivity contribution is -0.202. The first-order chi connectivity index (χ1) is 12.6. The van der Waals surface area contributed by atoms with Gasteiger partial charge in [-0.05, 0) is 43.2 Å². The third kappa shape index (κ3) is 5.21. The second kappa shape index (κ2) is 8.14. The first kappa shape index (κ1) is 23.5. The minimum atomic E-state index is -6.10. The summed E-state index contributed by atoms with van der Waals surface area (Å²) >= 11 is 1.90. The maximum Gasteiger partial charge on any atom is 0.431 e. The highest BCUT2D eigenvalue weighted by molar-refractivity contribution is 8.00. The van der Waals surface area contributed by atoms with Crippen molar-refractivity contribution >= 4 is 21.9 Å². The van der Waals surface area contributed by atoms with Crippen LogP contribution in [0.3, 0.4) is 0 Å². The molecule has 1 N–H and O–H groups in total. The molecule has 9 heteroatoms. The molecule has 0 saturated heterocycles. The van der Waals surface area contributed by atoms with Crippen molar-refractivity contribution < 1.29 is 30.5 Å². The highest BCUT2D eigenvalue weighted by Crippen LogP contribution is 2.58. The molecule has 3 unspecified atom stereocenters. The van der Waals surface area contributed by atoms with Crippen molar-refractivity contribution in [3.8, 4) is 0 Å². The molecular formula is C19H26F4O3S2. The Kier molecular flexibility index (Phi) is 6.83. The van der Waals surface area contributed by atoms with Gasteiger partial charge in [-0.15, -0.1) is 11.8 Å². The smallest absolute Gasteiger partial charge is 0.281 e. The van der Waals surface area contributed by atoms with Crippen molar-refractivity contribution in [2.75, 3.05) is 0 Å². The lowest BCUT2D eigenvalue weighted by Crippen LogP contribution is -2.52. The maximum absolute atomic E-state index is 13.6. The molecule has 0 heterocycles. The van der Waals surface area contributed by atoms with Crippen molar-refractivity contribution in [3.05, 3.63) is 30.3 Å². The summed E-state index contributed by atoms with van der Waals surface area (Å²) in [6.45, 7) is 6.68. The zero-order chi connectivity index (χ0) is 21.4. The molecule has 0 aromatic heterocycles. The summed E-state index contributed by atoms with van der Waals surface area (Å²) in [6, 6.07) is 10.5. The summed E-state index contributed by atoms with van der Waals surface area (Å²) in [4.78, 5) is 1.35. The van der Waals surface area contributed by atoms with Crippen LogP contribution in [0.15, 0.2) is 35.2 Å². The molecule has 0 aliphatic heterocycles. The van der Waals surface area contributed by atoms with E-state index in [0.717, 1.165) is 6.42 Å². The Bertz CT molecular complexity index is 761. The molecule has 0 radical (unpaired) electrons. The van der Waals surface area contributed by atoms with Gasteiger partial charge in [-0.1, -0.05) is 45.4 Å². The van der Waals surface area contributed by atoms with Gasteiger partial charge < -0.3 is 0 Å². The summed E-state index contributed by atoms with van der Waals surface area (Å²) in [7, 11) is -6.10. The SMILES string of the molecule is CC(C)(C)Sc1ccccc1.O=S(=O)(O)C(F)(F)C(F)(F)C1CC2CCC1C2. The zero-order valence-corrected chi connectivity index (χ0v) is 17.7. The van der Waals surface area contributed by atoms with Crippen LogP contribution in [0.4, 0.5) is 17.6 Å². The van der Waals surface area contributed by atoms with Gasteiger partial charge in [0.05, 0.1) is 0 Å². The standard InChI is InChI=1S/C10H14S.C9H12F4O3S/c1-10(2,3)11-9-7-5-4-6-8-9;10-8(11,9(12,13)17(14,15)16)7-4-5-1-2-6(7)3-5/h4-8H,1-3H3;5-7H,1-4H2,(H,14,15,16). The van der Waals surface area contributed by atoms with Gasteiger partial charge in [-0.25, -0.2) is 0 Å². The average molecular weight is 443 g/mol. The largest absolute Gasteiger partial charge is 0.431 e.